The fourth-order valence-electron chi connectivity index (χ4n) is 1.49. The Labute approximate surface area is 108 Å². The minimum Gasteiger partial charge on any atom is -0.481 e. The van der Waals surface area contributed by atoms with Crippen LogP contribution >= 0.6 is 22.9 Å². The summed E-state index contributed by atoms with van der Waals surface area (Å²) in [5.74, 6) is -0.817. The number of carboxylic acid groups (broad SMARTS) is 1. The van der Waals surface area contributed by atoms with Gasteiger partial charge in [-0.2, -0.15) is 0 Å². The van der Waals surface area contributed by atoms with Gasteiger partial charge in [0.2, 0.25) is 0 Å². The summed E-state index contributed by atoms with van der Waals surface area (Å²) in [6.45, 7) is 3.39. The van der Waals surface area contributed by atoms with Crippen molar-refractivity contribution in [2.75, 3.05) is 0 Å². The topological polar surface area (TPSA) is 50.2 Å². The number of fused-ring (bicyclic) bond motifs is 1. The monoisotopic (exact) mass is 269 g/mol. The van der Waals surface area contributed by atoms with Crippen LogP contribution in [-0.2, 0) is 11.2 Å². The average molecular weight is 270 g/mol. The molecule has 0 saturated heterocycles. The lowest BCUT2D eigenvalue weighted by atomic mass is 9.90. The zero-order valence-electron chi connectivity index (χ0n) is 9.53. The van der Waals surface area contributed by atoms with Crippen LogP contribution in [0.15, 0.2) is 18.2 Å². The van der Waals surface area contributed by atoms with E-state index < -0.39 is 11.4 Å². The number of thiazole rings is 1. The zero-order valence-corrected chi connectivity index (χ0v) is 11.1. The molecule has 17 heavy (non-hydrogen) atoms. The minimum absolute atomic E-state index is 0.415. The lowest BCUT2D eigenvalue weighted by Crippen LogP contribution is -2.26. The van der Waals surface area contributed by atoms with E-state index in [0.717, 1.165) is 15.2 Å². The molecule has 1 N–H and O–H groups in total. The summed E-state index contributed by atoms with van der Waals surface area (Å²) in [7, 11) is 0. The number of carboxylic acids is 1. The second kappa shape index (κ2) is 4.27. The number of para-hydroxylation sites is 1. The van der Waals surface area contributed by atoms with Gasteiger partial charge in [0.1, 0.15) is 5.52 Å². The molecule has 0 spiro atoms. The number of nitrogens with zero attached hydrogens (tertiary/aromatic N) is 1. The molecule has 1 aromatic heterocycles. The summed E-state index contributed by atoms with van der Waals surface area (Å²) in [6.07, 6.45) is 0.415. The van der Waals surface area contributed by atoms with Crippen LogP contribution < -0.4 is 0 Å². The van der Waals surface area contributed by atoms with Crippen LogP contribution in [0.2, 0.25) is 5.02 Å². The van der Waals surface area contributed by atoms with E-state index >= 15 is 0 Å². The van der Waals surface area contributed by atoms with E-state index in [0.29, 0.717) is 11.4 Å². The summed E-state index contributed by atoms with van der Waals surface area (Å²) in [6, 6.07) is 5.60. The van der Waals surface area contributed by atoms with Crippen LogP contribution in [0.5, 0.6) is 0 Å². The molecule has 0 aliphatic carbocycles. The number of hydrogen-bond acceptors (Lipinski definition) is 3. The first kappa shape index (κ1) is 12.3. The minimum atomic E-state index is -0.817. The Bertz CT molecular complexity index is 577. The predicted octanol–water partition coefficient (Wildman–Crippen LogP) is 3.60. The number of aromatic nitrogens is 1. The van der Waals surface area contributed by atoms with Crippen molar-refractivity contribution in [1.82, 2.24) is 4.98 Å². The van der Waals surface area contributed by atoms with Gasteiger partial charge in [-0.25, -0.2) is 4.98 Å². The normalized spacial score (nSPS) is 11.9. The van der Waals surface area contributed by atoms with Crippen LogP contribution in [0.3, 0.4) is 0 Å². The quantitative estimate of drug-likeness (QED) is 0.926. The molecule has 0 aliphatic heterocycles. The average Bonchev–Trinajstić information content (AvgIpc) is 2.60. The van der Waals surface area contributed by atoms with Gasteiger partial charge in [0.15, 0.2) is 0 Å². The van der Waals surface area contributed by atoms with Crippen molar-refractivity contribution >= 4 is 39.1 Å². The number of rotatable bonds is 3. The Morgan fingerprint density at radius 1 is 1.53 bits per heavy atom. The molecule has 3 nitrogen and oxygen atoms in total. The largest absolute Gasteiger partial charge is 0.481 e. The van der Waals surface area contributed by atoms with E-state index in [9.17, 15) is 4.79 Å². The van der Waals surface area contributed by atoms with Crippen molar-refractivity contribution in [2.24, 2.45) is 5.41 Å². The van der Waals surface area contributed by atoms with Gasteiger partial charge >= 0.3 is 5.97 Å². The summed E-state index contributed by atoms with van der Waals surface area (Å²) in [5.41, 5.74) is -0.0456. The first-order valence-electron chi connectivity index (χ1n) is 5.17. The second-order valence-electron chi connectivity index (χ2n) is 4.56. The van der Waals surface area contributed by atoms with Gasteiger partial charge in [-0.05, 0) is 26.0 Å². The molecular formula is C12H12ClNO2S. The van der Waals surface area contributed by atoms with Crippen molar-refractivity contribution in [1.29, 1.82) is 0 Å². The second-order valence-corrected chi connectivity index (χ2v) is 6.08. The van der Waals surface area contributed by atoms with Crippen LogP contribution in [-0.4, -0.2) is 16.1 Å². The number of halogens is 1. The molecule has 0 unspecified atom stereocenters. The van der Waals surface area contributed by atoms with E-state index in [2.05, 4.69) is 4.98 Å². The van der Waals surface area contributed by atoms with Gasteiger partial charge in [-0.3, -0.25) is 4.79 Å². The maximum absolute atomic E-state index is 11.1. The SMILES string of the molecule is CC(C)(Cc1nc2c(Cl)cccc2s1)C(=O)O. The molecule has 90 valence electrons. The van der Waals surface area contributed by atoms with E-state index in [1.807, 2.05) is 12.1 Å². The maximum Gasteiger partial charge on any atom is 0.309 e. The number of aliphatic carboxylic acids is 1. The lowest BCUT2D eigenvalue weighted by molar-refractivity contribution is -0.146. The van der Waals surface area contributed by atoms with Gasteiger partial charge in [0.05, 0.1) is 20.1 Å². The standard InChI is InChI=1S/C12H12ClNO2S/c1-12(2,11(15)16)6-9-14-10-7(13)4-3-5-8(10)17-9/h3-5H,6H2,1-2H3,(H,15,16). The van der Waals surface area contributed by atoms with Crippen LogP contribution in [0, 0.1) is 5.41 Å². The third kappa shape index (κ3) is 2.42. The van der Waals surface area contributed by atoms with Crippen molar-refractivity contribution < 1.29 is 9.90 Å². The van der Waals surface area contributed by atoms with E-state index in [1.54, 1.807) is 19.9 Å². The van der Waals surface area contributed by atoms with Crippen molar-refractivity contribution in [3.8, 4) is 0 Å². The van der Waals surface area contributed by atoms with Crippen molar-refractivity contribution in [3.63, 3.8) is 0 Å². The van der Waals surface area contributed by atoms with Crippen molar-refractivity contribution in [2.45, 2.75) is 20.3 Å². The van der Waals surface area contributed by atoms with Crippen LogP contribution in [0.1, 0.15) is 18.9 Å². The lowest BCUT2D eigenvalue weighted by Gasteiger charge is -2.16. The predicted molar refractivity (Wildman–Crippen MR) is 69.8 cm³/mol. The van der Waals surface area contributed by atoms with Gasteiger partial charge in [-0.1, -0.05) is 17.7 Å². The van der Waals surface area contributed by atoms with Gasteiger partial charge in [0, 0.05) is 6.42 Å². The van der Waals surface area contributed by atoms with Crippen molar-refractivity contribution in [3.05, 3.63) is 28.2 Å². The number of hydrogen-bond donors (Lipinski definition) is 1. The van der Waals surface area contributed by atoms with E-state index in [1.165, 1.54) is 11.3 Å². The molecule has 2 aromatic rings. The smallest absolute Gasteiger partial charge is 0.309 e. The van der Waals surface area contributed by atoms with Gasteiger partial charge < -0.3 is 5.11 Å². The van der Waals surface area contributed by atoms with Crippen LogP contribution in [0.4, 0.5) is 0 Å². The molecule has 1 heterocycles. The number of carbonyl (C=O) groups is 1. The molecule has 0 radical (unpaired) electrons. The van der Waals surface area contributed by atoms with Gasteiger partial charge in [0.25, 0.3) is 0 Å². The molecule has 0 amide bonds. The van der Waals surface area contributed by atoms with E-state index in [4.69, 9.17) is 16.7 Å². The summed E-state index contributed by atoms with van der Waals surface area (Å²) in [4.78, 5) is 15.5. The van der Waals surface area contributed by atoms with Gasteiger partial charge in [-0.15, -0.1) is 11.3 Å². The molecule has 2 rings (SSSR count). The van der Waals surface area contributed by atoms with Crippen LogP contribution in [0.25, 0.3) is 10.2 Å². The first-order chi connectivity index (χ1) is 7.90. The zero-order chi connectivity index (χ0) is 12.6. The highest BCUT2D eigenvalue weighted by Gasteiger charge is 2.28. The third-order valence-corrected chi connectivity index (χ3v) is 3.91. The molecule has 1 aromatic carbocycles. The molecule has 0 atom stereocenters. The summed E-state index contributed by atoms with van der Waals surface area (Å²) >= 11 is 7.53. The highest BCUT2D eigenvalue weighted by atomic mass is 35.5. The fraction of sp³-hybridized carbons (Fsp3) is 0.333. The highest BCUT2D eigenvalue weighted by Crippen LogP contribution is 2.31. The fourth-order valence-corrected chi connectivity index (χ4v) is 2.99. The molecule has 0 fully saturated rings. The third-order valence-electron chi connectivity index (χ3n) is 2.59. The molecule has 0 saturated carbocycles. The summed E-state index contributed by atoms with van der Waals surface area (Å²) in [5, 5.41) is 10.5. The number of benzene rings is 1. The Morgan fingerprint density at radius 2 is 2.24 bits per heavy atom. The molecule has 0 bridgehead atoms. The maximum atomic E-state index is 11.1. The molecule has 0 aliphatic rings. The molecule has 5 heteroatoms. The van der Waals surface area contributed by atoms with E-state index in [-0.39, 0.29) is 0 Å². The summed E-state index contributed by atoms with van der Waals surface area (Å²) < 4.78 is 0.994. The Morgan fingerprint density at radius 3 is 2.82 bits per heavy atom. The highest BCUT2D eigenvalue weighted by molar-refractivity contribution is 7.18. The first-order valence-corrected chi connectivity index (χ1v) is 6.37. The molecular weight excluding hydrogens is 258 g/mol. The Balaban J connectivity index is 2.38. The Hall–Kier alpha value is -1.13. The Kier molecular flexibility index (Phi) is 3.10.